The Hall–Kier alpha value is -5.76. The third kappa shape index (κ3) is 8.38. The van der Waals surface area contributed by atoms with Gasteiger partial charge in [0.2, 0.25) is 20.0 Å². The fourth-order valence-electron chi connectivity index (χ4n) is 8.21. The Morgan fingerprint density at radius 3 is 1.82 bits per heavy atom. The maximum Gasteiger partial charge on any atom is 0.253 e. The lowest BCUT2D eigenvalue weighted by Gasteiger charge is -2.36. The molecule has 0 spiro atoms. The number of phenolic OH excluding ortho intramolecular Hbond substituents is 2. The number of hydrogen-bond donors (Lipinski definition) is 6. The number of fused-ring (bicyclic) bond motifs is 1. The number of sulfonamides is 2. The molecule has 16 nitrogen and oxygen atoms in total. The number of aryl methyl sites for hydroxylation is 1. The Morgan fingerprint density at radius 1 is 0.692 bits per heavy atom. The maximum absolute atomic E-state index is 14.2. The second-order valence-corrected chi connectivity index (χ2v) is 20.9. The molecule has 1 atom stereocenters. The molecular formula is C45H46Cl2N6O10S2. The van der Waals surface area contributed by atoms with Crippen molar-refractivity contribution in [3.05, 3.63) is 146 Å². The summed E-state index contributed by atoms with van der Waals surface area (Å²) >= 11 is 12.6. The lowest BCUT2D eigenvalue weighted by molar-refractivity contribution is 0.439. The molecule has 6 aromatic rings. The summed E-state index contributed by atoms with van der Waals surface area (Å²) in [5.41, 5.74) is -1.82. The number of hydrogen-bond acceptors (Lipinski definition) is 14. The Labute approximate surface area is 384 Å². The van der Waals surface area contributed by atoms with Gasteiger partial charge in [-0.05, 0) is 78.6 Å². The number of phenols is 2. The van der Waals surface area contributed by atoms with Crippen molar-refractivity contribution < 1.29 is 27.0 Å². The summed E-state index contributed by atoms with van der Waals surface area (Å²) in [7, 11) is -4.94. The van der Waals surface area contributed by atoms with Gasteiger partial charge >= 0.3 is 0 Å². The lowest BCUT2D eigenvalue weighted by atomic mass is 9.83. The van der Waals surface area contributed by atoms with Crippen LogP contribution in [-0.4, -0.2) is 56.8 Å². The predicted octanol–water partition coefficient (Wildman–Crippen LogP) is 6.77. The molecule has 0 amide bonds. The van der Waals surface area contributed by atoms with Crippen LogP contribution in [0.1, 0.15) is 67.8 Å². The molecule has 7 rings (SSSR count). The standard InChI is InChI=1S/C45H46Cl2N6O10S2/c1-6-45(7-2,51-36-35(41(58)42(36)59)50-31-20-18-28(46)43(37(31)54)64(60,61)52(3)4)26-15-10-12-24(22-26)23-53(5)65(62,63)44-29(47)19-21-32(38(44)55)49-34-33(39(56)40(34)57)48-30-17-11-14-25-13-8-9-16-27(25)30/h8-10,12-13,15-16,18-22,30,48-51,54-55H,6-7,11,14,17,23H2,1-5H3/t30-/m1/s1. The van der Waals surface area contributed by atoms with Crippen molar-refractivity contribution >= 4 is 77.4 Å². The van der Waals surface area contributed by atoms with E-state index in [4.69, 9.17) is 23.2 Å². The van der Waals surface area contributed by atoms with Gasteiger partial charge in [-0.25, -0.2) is 21.1 Å². The molecule has 0 aliphatic heterocycles. The minimum Gasteiger partial charge on any atom is -0.504 e. The molecule has 342 valence electrons. The van der Waals surface area contributed by atoms with Crippen molar-refractivity contribution in [3.8, 4) is 11.5 Å². The van der Waals surface area contributed by atoms with Crippen LogP contribution < -0.4 is 43.0 Å². The van der Waals surface area contributed by atoms with Crippen LogP contribution in [0, 0.1) is 0 Å². The van der Waals surface area contributed by atoms with Gasteiger partial charge in [0.05, 0.1) is 33.0 Å². The third-order valence-electron chi connectivity index (χ3n) is 12.1. The van der Waals surface area contributed by atoms with Crippen molar-refractivity contribution in [1.82, 2.24) is 8.61 Å². The SMILES string of the molecule is CCC(CC)(Nc1c(Nc2ccc(Cl)c(S(=O)(=O)N(C)C)c2O)c(=O)c1=O)c1cccc(CN(C)S(=O)(=O)c2c(Cl)ccc(Nc3c(N[C@@H]4CCCc5ccccc54)c(=O)c3=O)c2O)c1. The van der Waals surface area contributed by atoms with Gasteiger partial charge < -0.3 is 31.5 Å². The summed E-state index contributed by atoms with van der Waals surface area (Å²) in [5, 5.41) is 33.8. The van der Waals surface area contributed by atoms with Crippen LogP contribution in [0.2, 0.25) is 10.0 Å². The van der Waals surface area contributed by atoms with Crippen LogP contribution in [0.15, 0.2) is 102 Å². The fraction of sp³-hybridized carbons (Fsp3) is 0.289. The van der Waals surface area contributed by atoms with Gasteiger partial charge in [-0.3, -0.25) is 19.2 Å². The average molecular weight is 966 g/mol. The van der Waals surface area contributed by atoms with E-state index in [9.17, 15) is 46.2 Å². The van der Waals surface area contributed by atoms with Gasteiger partial charge in [-0.1, -0.05) is 85.6 Å². The van der Waals surface area contributed by atoms with Gasteiger partial charge in [-0.2, -0.15) is 4.31 Å². The van der Waals surface area contributed by atoms with E-state index in [1.54, 1.807) is 24.3 Å². The van der Waals surface area contributed by atoms with Crippen LogP contribution in [-0.2, 0) is 38.6 Å². The molecule has 1 aliphatic carbocycles. The van der Waals surface area contributed by atoms with E-state index in [1.165, 1.54) is 45.4 Å². The molecule has 1 aliphatic rings. The number of benzene rings is 4. The third-order valence-corrected chi connectivity index (χ3v) is 16.7. The topological polar surface area (TPSA) is 232 Å². The van der Waals surface area contributed by atoms with E-state index >= 15 is 0 Å². The van der Waals surface area contributed by atoms with E-state index in [1.807, 2.05) is 38.1 Å². The van der Waals surface area contributed by atoms with Crippen molar-refractivity contribution in [2.45, 2.75) is 73.9 Å². The molecule has 0 aromatic heterocycles. The first-order valence-electron chi connectivity index (χ1n) is 20.5. The van der Waals surface area contributed by atoms with Crippen LogP contribution in [0.25, 0.3) is 0 Å². The van der Waals surface area contributed by atoms with Gasteiger partial charge in [0.15, 0.2) is 11.5 Å². The first kappa shape index (κ1) is 47.2. The van der Waals surface area contributed by atoms with E-state index in [0.29, 0.717) is 24.0 Å². The lowest BCUT2D eigenvalue weighted by Crippen LogP contribution is -2.43. The first-order chi connectivity index (χ1) is 30.7. The van der Waals surface area contributed by atoms with Crippen LogP contribution in [0.5, 0.6) is 11.5 Å². The summed E-state index contributed by atoms with van der Waals surface area (Å²) < 4.78 is 56.1. The van der Waals surface area contributed by atoms with Crippen molar-refractivity contribution in [2.75, 3.05) is 42.4 Å². The highest BCUT2D eigenvalue weighted by atomic mass is 35.5. The molecule has 6 aromatic carbocycles. The zero-order valence-corrected chi connectivity index (χ0v) is 39.0. The van der Waals surface area contributed by atoms with Crippen molar-refractivity contribution in [3.63, 3.8) is 0 Å². The molecule has 20 heteroatoms. The number of aromatic hydroxyl groups is 2. The summed E-state index contributed by atoms with van der Waals surface area (Å²) in [4.78, 5) is 50.5. The molecule has 0 saturated heterocycles. The van der Waals surface area contributed by atoms with Gasteiger partial charge in [0, 0.05) is 27.7 Å². The van der Waals surface area contributed by atoms with Crippen LogP contribution >= 0.6 is 23.2 Å². The highest BCUT2D eigenvalue weighted by molar-refractivity contribution is 7.89. The number of rotatable bonds is 17. The average Bonchev–Trinajstić information content (AvgIpc) is 3.28. The van der Waals surface area contributed by atoms with Gasteiger partial charge in [0.1, 0.15) is 32.5 Å². The fourth-order valence-corrected chi connectivity index (χ4v) is 11.4. The van der Waals surface area contributed by atoms with Crippen LogP contribution in [0.4, 0.5) is 34.1 Å². The normalized spacial score (nSPS) is 14.5. The Bertz CT molecular complexity index is 3230. The smallest absolute Gasteiger partial charge is 0.253 e. The summed E-state index contributed by atoms with van der Waals surface area (Å²) in [6.45, 7) is 3.48. The monoisotopic (exact) mass is 964 g/mol. The zero-order valence-electron chi connectivity index (χ0n) is 35.9. The number of anilines is 6. The quantitative estimate of drug-likeness (QED) is 0.0409. The maximum atomic E-state index is 14.2. The minimum absolute atomic E-state index is 0.0296. The molecule has 0 fully saturated rings. The summed E-state index contributed by atoms with van der Waals surface area (Å²) in [6, 6.07) is 19.5. The summed E-state index contributed by atoms with van der Waals surface area (Å²) in [6.07, 6.45) is 3.22. The van der Waals surface area contributed by atoms with Crippen LogP contribution in [0.3, 0.4) is 0 Å². The molecule has 6 N–H and O–H groups in total. The highest BCUT2D eigenvalue weighted by Crippen LogP contribution is 2.43. The minimum atomic E-state index is -4.54. The second-order valence-electron chi connectivity index (χ2n) is 16.1. The zero-order chi connectivity index (χ0) is 47.3. The molecule has 0 unspecified atom stereocenters. The predicted molar refractivity (Wildman–Crippen MR) is 253 cm³/mol. The van der Waals surface area contributed by atoms with E-state index in [2.05, 4.69) is 21.3 Å². The molecule has 65 heavy (non-hydrogen) atoms. The largest absolute Gasteiger partial charge is 0.504 e. The molecule has 0 radical (unpaired) electrons. The molecular weight excluding hydrogens is 920 g/mol. The van der Waals surface area contributed by atoms with Crippen molar-refractivity contribution in [2.24, 2.45) is 0 Å². The Morgan fingerprint density at radius 2 is 1.23 bits per heavy atom. The van der Waals surface area contributed by atoms with E-state index in [0.717, 1.165) is 39.0 Å². The Kier molecular flexibility index (Phi) is 13.0. The van der Waals surface area contributed by atoms with Crippen molar-refractivity contribution in [1.29, 1.82) is 0 Å². The molecule has 0 bridgehead atoms. The summed E-state index contributed by atoms with van der Waals surface area (Å²) in [5.74, 6) is -1.52. The number of nitrogens with zero attached hydrogens (tertiary/aromatic N) is 2. The van der Waals surface area contributed by atoms with Gasteiger partial charge in [0.25, 0.3) is 21.7 Å². The number of halogens is 2. The second kappa shape index (κ2) is 17.9. The highest BCUT2D eigenvalue weighted by Gasteiger charge is 2.36. The van der Waals surface area contributed by atoms with E-state index in [-0.39, 0.29) is 56.8 Å². The first-order valence-corrected chi connectivity index (χ1v) is 24.2. The Balaban J connectivity index is 1.12. The number of nitrogens with one attached hydrogen (secondary N) is 4. The van der Waals surface area contributed by atoms with Gasteiger partial charge in [-0.15, -0.1) is 0 Å². The molecule has 0 heterocycles. The molecule has 0 saturated carbocycles. The van der Waals surface area contributed by atoms with E-state index < -0.39 is 68.6 Å².